The van der Waals surface area contributed by atoms with Crippen molar-refractivity contribution in [3.8, 4) is 0 Å². The molecule has 1 aliphatic heterocycles. The van der Waals surface area contributed by atoms with Crippen molar-refractivity contribution < 1.29 is 19.1 Å². The number of hydrogen-bond donors (Lipinski definition) is 1. The average molecular weight is 223 g/mol. The number of carbonyl (C=O) groups is 2. The van der Waals surface area contributed by atoms with Gasteiger partial charge in [0.15, 0.2) is 0 Å². The number of hydrogen-bond acceptors (Lipinski definition) is 2. The molecule has 84 valence electrons. The van der Waals surface area contributed by atoms with Gasteiger partial charge in [-0.2, -0.15) is 0 Å². The number of carboxylic acids is 1. The second-order valence-corrected chi connectivity index (χ2v) is 3.75. The third-order valence-corrected chi connectivity index (χ3v) is 2.73. The van der Waals surface area contributed by atoms with Crippen LogP contribution in [0.3, 0.4) is 0 Å². The maximum atomic E-state index is 13.0. The van der Waals surface area contributed by atoms with Crippen LogP contribution in [0.5, 0.6) is 0 Å². The van der Waals surface area contributed by atoms with Crippen molar-refractivity contribution >= 4 is 17.6 Å². The van der Waals surface area contributed by atoms with Crippen LogP contribution in [0.2, 0.25) is 0 Å². The molecule has 0 aliphatic carbocycles. The first-order chi connectivity index (χ1) is 7.50. The van der Waals surface area contributed by atoms with Gasteiger partial charge in [-0.3, -0.25) is 9.59 Å². The van der Waals surface area contributed by atoms with E-state index in [1.54, 1.807) is 7.05 Å². The Morgan fingerprint density at radius 3 is 2.88 bits per heavy atom. The molecule has 1 atom stereocenters. The second kappa shape index (κ2) is 3.59. The number of nitrogens with zero attached hydrogens (tertiary/aromatic N) is 1. The highest BCUT2D eigenvalue weighted by atomic mass is 19.1. The number of carboxylic acid groups (broad SMARTS) is 1. The number of anilines is 1. The highest BCUT2D eigenvalue weighted by Gasteiger charge is 2.36. The number of halogens is 1. The van der Waals surface area contributed by atoms with Gasteiger partial charge in [0.2, 0.25) is 5.91 Å². The van der Waals surface area contributed by atoms with E-state index >= 15 is 0 Å². The minimum atomic E-state index is -1.07. The van der Waals surface area contributed by atoms with E-state index in [4.69, 9.17) is 5.11 Å². The van der Waals surface area contributed by atoms with Gasteiger partial charge in [-0.1, -0.05) is 0 Å². The van der Waals surface area contributed by atoms with Gasteiger partial charge >= 0.3 is 5.97 Å². The van der Waals surface area contributed by atoms with E-state index in [0.29, 0.717) is 11.3 Å². The summed E-state index contributed by atoms with van der Waals surface area (Å²) in [4.78, 5) is 23.8. The summed E-state index contributed by atoms with van der Waals surface area (Å²) >= 11 is 0. The van der Waals surface area contributed by atoms with Gasteiger partial charge in [0.1, 0.15) is 5.82 Å². The first-order valence-corrected chi connectivity index (χ1v) is 4.79. The van der Waals surface area contributed by atoms with E-state index in [9.17, 15) is 14.0 Å². The van der Waals surface area contributed by atoms with Crippen LogP contribution in [0, 0.1) is 5.82 Å². The summed E-state index contributed by atoms with van der Waals surface area (Å²) in [7, 11) is 1.56. The summed E-state index contributed by atoms with van der Waals surface area (Å²) < 4.78 is 13.0. The van der Waals surface area contributed by atoms with Crippen LogP contribution in [-0.4, -0.2) is 24.0 Å². The van der Waals surface area contributed by atoms with Crippen molar-refractivity contribution in [2.24, 2.45) is 0 Å². The molecule has 0 bridgehead atoms. The number of aliphatic carboxylic acids is 1. The van der Waals surface area contributed by atoms with E-state index in [1.165, 1.54) is 23.1 Å². The highest BCUT2D eigenvalue weighted by Crippen LogP contribution is 2.38. The lowest BCUT2D eigenvalue weighted by molar-refractivity contribution is -0.139. The van der Waals surface area contributed by atoms with Gasteiger partial charge in [-0.25, -0.2) is 4.39 Å². The van der Waals surface area contributed by atoms with Crippen LogP contribution in [0.4, 0.5) is 10.1 Å². The molecule has 0 saturated carbocycles. The lowest BCUT2D eigenvalue weighted by Crippen LogP contribution is -2.25. The molecule has 5 heteroatoms. The fraction of sp³-hybridized carbons (Fsp3) is 0.273. The fourth-order valence-electron chi connectivity index (χ4n) is 1.97. The summed E-state index contributed by atoms with van der Waals surface area (Å²) in [5, 5.41) is 8.71. The Morgan fingerprint density at radius 2 is 2.25 bits per heavy atom. The Balaban J connectivity index is 2.47. The molecule has 0 fully saturated rings. The van der Waals surface area contributed by atoms with Crippen molar-refractivity contribution in [3.05, 3.63) is 29.6 Å². The molecular formula is C11H10FNO3. The molecule has 0 aromatic heterocycles. The molecule has 0 spiro atoms. The largest absolute Gasteiger partial charge is 0.481 e. The van der Waals surface area contributed by atoms with Crippen molar-refractivity contribution in [2.45, 2.75) is 12.3 Å². The normalized spacial score (nSPS) is 18.8. The average Bonchev–Trinajstić information content (AvgIpc) is 2.43. The van der Waals surface area contributed by atoms with Crippen molar-refractivity contribution in [1.29, 1.82) is 0 Å². The molecule has 0 radical (unpaired) electrons. The quantitative estimate of drug-likeness (QED) is 0.823. The molecule has 1 aromatic carbocycles. The summed E-state index contributed by atoms with van der Waals surface area (Å²) in [5.74, 6) is -2.60. The minimum Gasteiger partial charge on any atom is -0.481 e. The fourth-order valence-corrected chi connectivity index (χ4v) is 1.97. The minimum absolute atomic E-state index is 0.303. The van der Waals surface area contributed by atoms with Crippen molar-refractivity contribution in [2.75, 3.05) is 11.9 Å². The predicted octanol–water partition coefficient (Wildman–Crippen LogP) is 1.36. The maximum Gasteiger partial charge on any atom is 0.304 e. The molecular weight excluding hydrogens is 213 g/mol. The lowest BCUT2D eigenvalue weighted by atomic mass is 9.97. The Hall–Kier alpha value is -1.91. The predicted molar refractivity (Wildman–Crippen MR) is 54.8 cm³/mol. The van der Waals surface area contributed by atoms with Crippen LogP contribution in [-0.2, 0) is 9.59 Å². The number of carbonyl (C=O) groups excluding carboxylic acids is 1. The summed E-state index contributed by atoms with van der Waals surface area (Å²) in [6.45, 7) is 0. The van der Waals surface area contributed by atoms with E-state index < -0.39 is 17.7 Å². The summed E-state index contributed by atoms with van der Waals surface area (Å²) in [6, 6.07) is 3.97. The molecule has 16 heavy (non-hydrogen) atoms. The number of rotatable bonds is 2. The first kappa shape index (κ1) is 10.6. The van der Waals surface area contributed by atoms with Gasteiger partial charge < -0.3 is 10.0 Å². The van der Waals surface area contributed by atoms with E-state index in [1.807, 2.05) is 0 Å². The number of amides is 1. The van der Waals surface area contributed by atoms with Gasteiger partial charge in [-0.15, -0.1) is 0 Å². The van der Waals surface area contributed by atoms with Crippen LogP contribution in [0.25, 0.3) is 0 Å². The highest BCUT2D eigenvalue weighted by molar-refractivity contribution is 6.05. The van der Waals surface area contributed by atoms with E-state index in [0.717, 1.165) is 0 Å². The second-order valence-electron chi connectivity index (χ2n) is 3.75. The van der Waals surface area contributed by atoms with Crippen LogP contribution >= 0.6 is 0 Å². The monoisotopic (exact) mass is 223 g/mol. The van der Waals surface area contributed by atoms with Gasteiger partial charge in [-0.05, 0) is 23.8 Å². The molecule has 2 rings (SSSR count). The first-order valence-electron chi connectivity index (χ1n) is 4.79. The Labute approximate surface area is 91.3 Å². The Bertz CT molecular complexity index is 472. The van der Waals surface area contributed by atoms with Crippen molar-refractivity contribution in [3.63, 3.8) is 0 Å². The van der Waals surface area contributed by atoms with Crippen LogP contribution < -0.4 is 4.90 Å². The molecule has 1 amide bonds. The summed E-state index contributed by atoms with van der Waals surface area (Å²) in [5.41, 5.74) is 1.03. The molecule has 4 nitrogen and oxygen atoms in total. The summed E-state index contributed by atoms with van der Waals surface area (Å²) in [6.07, 6.45) is -0.306. The molecule has 1 N–H and O–H groups in total. The zero-order chi connectivity index (χ0) is 11.9. The van der Waals surface area contributed by atoms with E-state index in [-0.39, 0.29) is 12.3 Å². The van der Waals surface area contributed by atoms with Gasteiger partial charge in [0.05, 0.1) is 12.3 Å². The van der Waals surface area contributed by atoms with Crippen LogP contribution in [0.15, 0.2) is 18.2 Å². The Morgan fingerprint density at radius 1 is 1.56 bits per heavy atom. The Kier molecular flexibility index (Phi) is 2.38. The number of fused-ring (bicyclic) bond motifs is 1. The molecule has 1 unspecified atom stereocenters. The lowest BCUT2D eigenvalue weighted by Gasteiger charge is -2.09. The zero-order valence-corrected chi connectivity index (χ0v) is 8.61. The smallest absolute Gasteiger partial charge is 0.304 e. The van der Waals surface area contributed by atoms with Gasteiger partial charge in [0.25, 0.3) is 0 Å². The molecule has 1 aliphatic rings. The third-order valence-electron chi connectivity index (χ3n) is 2.73. The van der Waals surface area contributed by atoms with Gasteiger partial charge in [0, 0.05) is 12.7 Å². The SMILES string of the molecule is CN1C(=O)C(CC(=O)O)c2cc(F)ccc21. The third kappa shape index (κ3) is 1.54. The standard InChI is InChI=1S/C11H10FNO3/c1-13-9-3-2-6(12)4-7(9)8(11(13)16)5-10(14)15/h2-4,8H,5H2,1H3,(H,14,15). The molecule has 0 saturated heterocycles. The van der Waals surface area contributed by atoms with E-state index in [2.05, 4.69) is 0 Å². The molecule has 1 heterocycles. The van der Waals surface area contributed by atoms with Crippen molar-refractivity contribution in [1.82, 2.24) is 0 Å². The topological polar surface area (TPSA) is 57.6 Å². The molecule has 1 aromatic rings. The zero-order valence-electron chi connectivity index (χ0n) is 8.61. The maximum absolute atomic E-state index is 13.0. The number of likely N-dealkylation sites (N-methyl/N-ethyl adjacent to an activating group) is 1. The number of benzene rings is 1. The van der Waals surface area contributed by atoms with Crippen LogP contribution in [0.1, 0.15) is 17.9 Å².